The zero-order valence-electron chi connectivity index (χ0n) is 12.1. The van der Waals surface area contributed by atoms with Crippen LogP contribution in [0, 0.1) is 5.41 Å². The molecular weight excluding hydrogens is 258 g/mol. The van der Waals surface area contributed by atoms with E-state index in [2.05, 4.69) is 10.1 Å². The molecule has 2 heterocycles. The lowest BCUT2D eigenvalue weighted by molar-refractivity contribution is -0.101. The summed E-state index contributed by atoms with van der Waals surface area (Å²) in [4.78, 5) is 4.58. The van der Waals surface area contributed by atoms with E-state index in [0.717, 1.165) is 32.1 Å². The van der Waals surface area contributed by atoms with Gasteiger partial charge in [0.1, 0.15) is 5.60 Å². The second-order valence-corrected chi connectivity index (χ2v) is 6.06. The maximum absolute atomic E-state index is 5.89. The van der Waals surface area contributed by atoms with Crippen molar-refractivity contribution in [3.05, 3.63) is 11.7 Å². The molecule has 2 aliphatic rings. The van der Waals surface area contributed by atoms with Crippen LogP contribution in [0.2, 0.25) is 0 Å². The van der Waals surface area contributed by atoms with Crippen LogP contribution in [-0.4, -0.2) is 37.0 Å². The van der Waals surface area contributed by atoms with Crippen LogP contribution < -0.4 is 5.73 Å². The zero-order valence-corrected chi connectivity index (χ0v) is 12.1. The van der Waals surface area contributed by atoms with Crippen molar-refractivity contribution in [2.24, 2.45) is 11.1 Å². The zero-order chi connectivity index (χ0) is 14.1. The van der Waals surface area contributed by atoms with Crippen LogP contribution >= 0.6 is 0 Å². The van der Waals surface area contributed by atoms with Crippen LogP contribution in [0.5, 0.6) is 0 Å². The third-order valence-electron chi connectivity index (χ3n) is 4.94. The van der Waals surface area contributed by atoms with Crippen LogP contribution in [0.15, 0.2) is 4.52 Å². The lowest BCUT2D eigenvalue weighted by Gasteiger charge is -2.39. The first kappa shape index (κ1) is 14.0. The van der Waals surface area contributed by atoms with E-state index in [1.54, 1.807) is 7.11 Å². The number of nitrogens with two attached hydrogens (primary N) is 1. The Balaban J connectivity index is 1.75. The highest BCUT2D eigenvalue weighted by Gasteiger charge is 2.41. The van der Waals surface area contributed by atoms with E-state index in [1.165, 1.54) is 6.42 Å². The lowest BCUT2D eigenvalue weighted by Crippen LogP contribution is -2.39. The molecule has 1 aliphatic carbocycles. The molecular formula is C14H23N3O3. The number of methoxy groups -OCH3 is 1. The maximum atomic E-state index is 5.89. The van der Waals surface area contributed by atoms with Gasteiger partial charge >= 0.3 is 0 Å². The van der Waals surface area contributed by atoms with Gasteiger partial charge in [-0.05, 0) is 24.8 Å². The first-order valence-electron chi connectivity index (χ1n) is 7.38. The first-order chi connectivity index (χ1) is 9.72. The van der Waals surface area contributed by atoms with Crippen molar-refractivity contribution in [3.8, 4) is 0 Å². The first-order valence-corrected chi connectivity index (χ1v) is 7.38. The van der Waals surface area contributed by atoms with E-state index < -0.39 is 5.60 Å². The third kappa shape index (κ3) is 2.36. The average Bonchev–Trinajstić information content (AvgIpc) is 2.92. The van der Waals surface area contributed by atoms with Crippen molar-refractivity contribution < 1.29 is 14.0 Å². The molecule has 112 valence electrons. The van der Waals surface area contributed by atoms with E-state index in [0.29, 0.717) is 31.5 Å². The van der Waals surface area contributed by atoms with E-state index in [9.17, 15) is 0 Å². The van der Waals surface area contributed by atoms with Gasteiger partial charge in [0.15, 0.2) is 0 Å². The molecule has 0 atom stereocenters. The molecule has 1 aliphatic heterocycles. The molecule has 2 fully saturated rings. The predicted octanol–water partition coefficient (Wildman–Crippen LogP) is 1.39. The molecule has 0 bridgehead atoms. The summed E-state index contributed by atoms with van der Waals surface area (Å²) in [5.74, 6) is 1.35. The molecule has 1 saturated carbocycles. The van der Waals surface area contributed by atoms with Crippen molar-refractivity contribution in [2.45, 2.75) is 44.1 Å². The summed E-state index contributed by atoms with van der Waals surface area (Å²) in [5, 5.41) is 4.15. The molecule has 0 aromatic carbocycles. The second kappa shape index (κ2) is 5.42. The number of nitrogens with zero attached hydrogens (tertiary/aromatic N) is 2. The van der Waals surface area contributed by atoms with Gasteiger partial charge in [-0.25, -0.2) is 0 Å². The molecule has 2 N–H and O–H groups in total. The Bertz CT molecular complexity index is 445. The predicted molar refractivity (Wildman–Crippen MR) is 72.1 cm³/mol. The molecule has 0 radical (unpaired) electrons. The van der Waals surface area contributed by atoms with Crippen LogP contribution in [-0.2, 0) is 21.5 Å². The van der Waals surface area contributed by atoms with Crippen LogP contribution in [0.4, 0.5) is 0 Å². The van der Waals surface area contributed by atoms with Gasteiger partial charge in [0.2, 0.25) is 11.7 Å². The Labute approximate surface area is 119 Å². The van der Waals surface area contributed by atoms with E-state index in [4.69, 9.17) is 19.7 Å². The molecule has 6 nitrogen and oxygen atoms in total. The largest absolute Gasteiger partial charge is 0.381 e. The summed E-state index contributed by atoms with van der Waals surface area (Å²) >= 11 is 0. The van der Waals surface area contributed by atoms with Crippen LogP contribution in [0.1, 0.15) is 43.8 Å². The lowest BCUT2D eigenvalue weighted by atomic mass is 9.67. The molecule has 0 amide bonds. The summed E-state index contributed by atoms with van der Waals surface area (Å²) in [6.45, 7) is 2.03. The topological polar surface area (TPSA) is 83.4 Å². The van der Waals surface area contributed by atoms with E-state index in [1.807, 2.05) is 0 Å². The Morgan fingerprint density at radius 2 is 2.00 bits per heavy atom. The molecule has 1 aromatic heterocycles. The fourth-order valence-corrected chi connectivity index (χ4v) is 3.18. The summed E-state index contributed by atoms with van der Waals surface area (Å²) in [7, 11) is 1.70. The molecule has 1 aromatic rings. The minimum atomic E-state index is -0.449. The fraction of sp³-hybridized carbons (Fsp3) is 0.857. The van der Waals surface area contributed by atoms with Gasteiger partial charge < -0.3 is 19.7 Å². The van der Waals surface area contributed by atoms with Gasteiger partial charge in [0, 0.05) is 39.6 Å². The quantitative estimate of drug-likeness (QED) is 0.878. The Morgan fingerprint density at radius 3 is 2.55 bits per heavy atom. The number of ether oxygens (including phenoxy) is 2. The van der Waals surface area contributed by atoms with Crippen molar-refractivity contribution >= 4 is 0 Å². The second-order valence-electron chi connectivity index (χ2n) is 6.06. The molecule has 0 unspecified atom stereocenters. The number of aromatic nitrogens is 2. The maximum Gasteiger partial charge on any atom is 0.227 e. The van der Waals surface area contributed by atoms with Gasteiger partial charge in [0.05, 0.1) is 0 Å². The number of hydrogen-bond acceptors (Lipinski definition) is 6. The van der Waals surface area contributed by atoms with Gasteiger partial charge in [-0.15, -0.1) is 0 Å². The number of rotatable bonds is 5. The van der Waals surface area contributed by atoms with Gasteiger partial charge in [0.25, 0.3) is 0 Å². The summed E-state index contributed by atoms with van der Waals surface area (Å²) in [6.07, 6.45) is 5.88. The normalized spacial score (nSPS) is 24.3. The summed E-state index contributed by atoms with van der Waals surface area (Å²) in [5.41, 5.74) is 5.62. The minimum absolute atomic E-state index is 0.180. The summed E-state index contributed by atoms with van der Waals surface area (Å²) in [6, 6.07) is 0. The molecule has 3 rings (SSSR count). The summed E-state index contributed by atoms with van der Waals surface area (Å²) < 4.78 is 16.5. The highest BCUT2D eigenvalue weighted by Crippen LogP contribution is 2.43. The van der Waals surface area contributed by atoms with Gasteiger partial charge in [-0.3, -0.25) is 0 Å². The van der Waals surface area contributed by atoms with Crippen LogP contribution in [0.25, 0.3) is 0 Å². The Morgan fingerprint density at radius 1 is 1.25 bits per heavy atom. The molecule has 1 saturated heterocycles. The average molecular weight is 281 g/mol. The monoisotopic (exact) mass is 281 g/mol. The van der Waals surface area contributed by atoms with Crippen molar-refractivity contribution in [3.63, 3.8) is 0 Å². The van der Waals surface area contributed by atoms with Gasteiger partial charge in [-0.1, -0.05) is 11.6 Å². The van der Waals surface area contributed by atoms with Crippen molar-refractivity contribution in [2.75, 3.05) is 26.9 Å². The van der Waals surface area contributed by atoms with E-state index >= 15 is 0 Å². The molecule has 6 heteroatoms. The van der Waals surface area contributed by atoms with Gasteiger partial charge in [-0.2, -0.15) is 4.98 Å². The standard InChI is InChI=1S/C14H23N3O3/c1-18-14(5-7-19-8-6-14)12-16-11(20-17-12)9-13(10-15)3-2-4-13/h2-10,15H2,1H3. The Kier molecular flexibility index (Phi) is 3.79. The van der Waals surface area contributed by atoms with Crippen LogP contribution in [0.3, 0.4) is 0 Å². The highest BCUT2D eigenvalue weighted by atomic mass is 16.5. The Hall–Kier alpha value is -0.980. The highest BCUT2D eigenvalue weighted by molar-refractivity contribution is 5.05. The molecule has 0 spiro atoms. The van der Waals surface area contributed by atoms with Crippen molar-refractivity contribution in [1.29, 1.82) is 0 Å². The minimum Gasteiger partial charge on any atom is -0.381 e. The number of hydrogen-bond donors (Lipinski definition) is 1. The van der Waals surface area contributed by atoms with Crippen molar-refractivity contribution in [1.82, 2.24) is 10.1 Å². The SMILES string of the molecule is COC1(c2noc(CC3(CN)CCC3)n2)CCOCC1. The fourth-order valence-electron chi connectivity index (χ4n) is 3.18. The molecule has 20 heavy (non-hydrogen) atoms. The smallest absolute Gasteiger partial charge is 0.227 e. The third-order valence-corrected chi connectivity index (χ3v) is 4.94. The van der Waals surface area contributed by atoms with E-state index in [-0.39, 0.29) is 5.41 Å².